The average molecular weight is 239 g/mol. The van der Waals surface area contributed by atoms with E-state index in [0.29, 0.717) is 12.6 Å². The fourth-order valence-corrected chi connectivity index (χ4v) is 1.97. The van der Waals surface area contributed by atoms with Crippen LogP contribution in [0.1, 0.15) is 11.1 Å². The van der Waals surface area contributed by atoms with Crippen molar-refractivity contribution in [1.29, 1.82) is 0 Å². The van der Waals surface area contributed by atoms with E-state index in [0.717, 1.165) is 18.7 Å². The van der Waals surface area contributed by atoms with Crippen LogP contribution in [-0.2, 0) is 13.0 Å². The van der Waals surface area contributed by atoms with Crippen molar-refractivity contribution >= 4 is 0 Å². The van der Waals surface area contributed by atoms with Gasteiger partial charge in [-0.3, -0.25) is 0 Å². The van der Waals surface area contributed by atoms with Gasteiger partial charge in [0.1, 0.15) is 12.4 Å². The third-order valence-electron chi connectivity index (χ3n) is 3.15. The first-order valence-electron chi connectivity index (χ1n) is 6.39. The molecule has 92 valence electrons. The minimum Gasteiger partial charge on any atom is -0.489 e. The third kappa shape index (κ3) is 3.11. The zero-order chi connectivity index (χ0) is 12.2. The molecule has 0 saturated carbocycles. The van der Waals surface area contributed by atoms with E-state index in [-0.39, 0.29) is 0 Å². The topological polar surface area (TPSA) is 31.2 Å². The van der Waals surface area contributed by atoms with Crippen molar-refractivity contribution in [2.75, 3.05) is 6.54 Å². The van der Waals surface area contributed by atoms with E-state index >= 15 is 0 Å². The summed E-state index contributed by atoms with van der Waals surface area (Å²) in [4.78, 5) is 0. The third-order valence-corrected chi connectivity index (χ3v) is 3.15. The molecule has 3 rings (SSSR count). The molecule has 0 aromatic heterocycles. The van der Waals surface area contributed by atoms with Crippen molar-refractivity contribution in [3.8, 4) is 5.75 Å². The molecule has 2 nitrogen and oxygen atoms in total. The van der Waals surface area contributed by atoms with Gasteiger partial charge in [0.25, 0.3) is 0 Å². The SMILES string of the molecule is c1ccc(COc2ccc(C[C@H]3CN3)cc2)cc1. The smallest absolute Gasteiger partial charge is 0.119 e. The van der Waals surface area contributed by atoms with Crippen LogP contribution in [-0.4, -0.2) is 12.6 Å². The van der Waals surface area contributed by atoms with Gasteiger partial charge in [0, 0.05) is 12.6 Å². The van der Waals surface area contributed by atoms with Crippen molar-refractivity contribution in [2.24, 2.45) is 0 Å². The summed E-state index contributed by atoms with van der Waals surface area (Å²) in [7, 11) is 0. The van der Waals surface area contributed by atoms with E-state index in [4.69, 9.17) is 4.74 Å². The number of nitrogens with one attached hydrogen (secondary N) is 1. The van der Waals surface area contributed by atoms with Gasteiger partial charge in [-0.2, -0.15) is 0 Å². The summed E-state index contributed by atoms with van der Waals surface area (Å²) in [5.74, 6) is 0.936. The maximum Gasteiger partial charge on any atom is 0.119 e. The Morgan fingerprint density at radius 2 is 1.67 bits per heavy atom. The highest BCUT2D eigenvalue weighted by molar-refractivity contribution is 5.28. The molecule has 0 unspecified atom stereocenters. The molecule has 0 aliphatic carbocycles. The Balaban J connectivity index is 1.56. The highest BCUT2D eigenvalue weighted by Gasteiger charge is 2.19. The summed E-state index contributed by atoms with van der Waals surface area (Å²) in [6.07, 6.45) is 1.12. The maximum absolute atomic E-state index is 5.75. The molecule has 0 radical (unpaired) electrons. The Hall–Kier alpha value is -1.80. The minimum absolute atomic E-state index is 0.629. The lowest BCUT2D eigenvalue weighted by Gasteiger charge is -2.07. The van der Waals surface area contributed by atoms with Crippen LogP contribution in [0.3, 0.4) is 0 Å². The summed E-state index contributed by atoms with van der Waals surface area (Å²) < 4.78 is 5.75. The molecule has 0 amide bonds. The molecular weight excluding hydrogens is 222 g/mol. The average Bonchev–Trinajstić information content (AvgIpc) is 3.23. The lowest BCUT2D eigenvalue weighted by atomic mass is 10.1. The molecule has 1 N–H and O–H groups in total. The van der Waals surface area contributed by atoms with Gasteiger partial charge in [0.2, 0.25) is 0 Å². The van der Waals surface area contributed by atoms with Gasteiger partial charge in [-0.05, 0) is 29.7 Å². The van der Waals surface area contributed by atoms with Crippen LogP contribution >= 0.6 is 0 Å². The molecule has 2 aromatic carbocycles. The number of ether oxygens (including phenoxy) is 1. The van der Waals surface area contributed by atoms with Crippen molar-refractivity contribution < 1.29 is 4.74 Å². The zero-order valence-electron chi connectivity index (χ0n) is 10.3. The monoisotopic (exact) mass is 239 g/mol. The molecule has 18 heavy (non-hydrogen) atoms. The molecule has 0 spiro atoms. The fraction of sp³-hybridized carbons (Fsp3) is 0.250. The normalized spacial score (nSPS) is 17.4. The summed E-state index contributed by atoms with van der Waals surface area (Å²) in [5, 5.41) is 3.31. The van der Waals surface area contributed by atoms with Crippen LogP contribution in [0.4, 0.5) is 0 Å². The molecule has 1 saturated heterocycles. The Morgan fingerprint density at radius 1 is 0.944 bits per heavy atom. The number of benzene rings is 2. The van der Waals surface area contributed by atoms with Gasteiger partial charge >= 0.3 is 0 Å². The summed E-state index contributed by atoms with van der Waals surface area (Å²) >= 11 is 0. The highest BCUT2D eigenvalue weighted by atomic mass is 16.5. The van der Waals surface area contributed by atoms with Crippen LogP contribution in [0.15, 0.2) is 54.6 Å². The number of hydrogen-bond acceptors (Lipinski definition) is 2. The molecular formula is C16H17NO. The molecule has 1 aliphatic heterocycles. The first kappa shape index (κ1) is 11.3. The largest absolute Gasteiger partial charge is 0.489 e. The minimum atomic E-state index is 0.629. The lowest BCUT2D eigenvalue weighted by Crippen LogP contribution is -1.98. The van der Waals surface area contributed by atoms with Crippen LogP contribution in [0.25, 0.3) is 0 Å². The molecule has 1 atom stereocenters. The molecule has 2 aromatic rings. The van der Waals surface area contributed by atoms with E-state index < -0.39 is 0 Å². The van der Waals surface area contributed by atoms with Crippen LogP contribution in [0.5, 0.6) is 5.75 Å². The Labute approximate surface area is 108 Å². The van der Waals surface area contributed by atoms with Crippen molar-refractivity contribution in [1.82, 2.24) is 5.32 Å². The second-order valence-corrected chi connectivity index (χ2v) is 4.73. The van der Waals surface area contributed by atoms with Gasteiger partial charge < -0.3 is 10.1 Å². The first-order valence-corrected chi connectivity index (χ1v) is 6.39. The molecule has 1 fully saturated rings. The lowest BCUT2D eigenvalue weighted by molar-refractivity contribution is 0.306. The first-order chi connectivity index (χ1) is 8.90. The maximum atomic E-state index is 5.75. The van der Waals surface area contributed by atoms with E-state index in [1.54, 1.807) is 0 Å². The van der Waals surface area contributed by atoms with Crippen LogP contribution in [0, 0.1) is 0 Å². The Morgan fingerprint density at radius 3 is 2.33 bits per heavy atom. The van der Waals surface area contributed by atoms with E-state index in [1.807, 2.05) is 18.2 Å². The highest BCUT2D eigenvalue weighted by Crippen LogP contribution is 2.16. The standard InChI is InChI=1S/C16H17NO/c1-2-4-14(5-3-1)12-18-16-8-6-13(7-9-16)10-15-11-17-15/h1-9,15,17H,10-12H2/t15-/m0/s1. The van der Waals surface area contributed by atoms with E-state index in [1.165, 1.54) is 11.1 Å². The van der Waals surface area contributed by atoms with Gasteiger partial charge in [0.15, 0.2) is 0 Å². The molecule has 2 heteroatoms. The molecule has 1 aliphatic rings. The number of rotatable bonds is 5. The zero-order valence-corrected chi connectivity index (χ0v) is 10.3. The second-order valence-electron chi connectivity index (χ2n) is 4.73. The summed E-state index contributed by atoms with van der Waals surface area (Å²) in [5.41, 5.74) is 2.57. The Bertz CT molecular complexity index is 488. The Kier molecular flexibility index (Phi) is 3.29. The van der Waals surface area contributed by atoms with Gasteiger partial charge in [-0.15, -0.1) is 0 Å². The predicted molar refractivity (Wildman–Crippen MR) is 72.7 cm³/mol. The van der Waals surface area contributed by atoms with Crippen molar-refractivity contribution in [2.45, 2.75) is 19.1 Å². The van der Waals surface area contributed by atoms with Gasteiger partial charge in [-0.1, -0.05) is 42.5 Å². The van der Waals surface area contributed by atoms with Gasteiger partial charge in [0.05, 0.1) is 0 Å². The molecule has 1 heterocycles. The quantitative estimate of drug-likeness (QED) is 0.813. The predicted octanol–water partition coefficient (Wildman–Crippen LogP) is 2.78. The second kappa shape index (κ2) is 5.23. The van der Waals surface area contributed by atoms with Crippen molar-refractivity contribution in [3.05, 3.63) is 65.7 Å². The fourth-order valence-electron chi connectivity index (χ4n) is 1.97. The van der Waals surface area contributed by atoms with Crippen LogP contribution < -0.4 is 10.1 Å². The van der Waals surface area contributed by atoms with Crippen LogP contribution in [0.2, 0.25) is 0 Å². The van der Waals surface area contributed by atoms with E-state index in [2.05, 4.69) is 41.7 Å². The van der Waals surface area contributed by atoms with Crippen molar-refractivity contribution in [3.63, 3.8) is 0 Å². The summed E-state index contributed by atoms with van der Waals surface area (Å²) in [6, 6.07) is 19.3. The van der Waals surface area contributed by atoms with Gasteiger partial charge in [-0.25, -0.2) is 0 Å². The van der Waals surface area contributed by atoms with E-state index in [9.17, 15) is 0 Å². The molecule has 0 bridgehead atoms. The summed E-state index contributed by atoms with van der Waals surface area (Å²) in [6.45, 7) is 1.79. The number of hydrogen-bond donors (Lipinski definition) is 1.